The highest BCUT2D eigenvalue weighted by molar-refractivity contribution is 5.75. The molecule has 136 valence electrons. The summed E-state index contributed by atoms with van der Waals surface area (Å²) in [5.74, 6) is 0.178. The summed E-state index contributed by atoms with van der Waals surface area (Å²) < 4.78 is 0. The number of allylic oxidation sites excluding steroid dienone is 2. The number of hydrogen-bond acceptors (Lipinski definition) is 1. The van der Waals surface area contributed by atoms with E-state index in [4.69, 9.17) is 0 Å². The smallest absolute Gasteiger partial charge is 0.219 e. The molecule has 2 nitrogen and oxygen atoms in total. The SMILES string of the molecule is CCCCCCCC/C=C\CCCCCCCCNC(=O)CC. The Morgan fingerprint density at radius 1 is 0.696 bits per heavy atom. The molecule has 0 unspecified atom stereocenters. The Morgan fingerprint density at radius 3 is 1.70 bits per heavy atom. The van der Waals surface area contributed by atoms with Gasteiger partial charge in [-0.1, -0.05) is 83.8 Å². The van der Waals surface area contributed by atoms with Crippen molar-refractivity contribution in [3.05, 3.63) is 12.2 Å². The number of rotatable bonds is 17. The van der Waals surface area contributed by atoms with E-state index in [0.29, 0.717) is 6.42 Å². The molecule has 0 rings (SSSR count). The quantitative estimate of drug-likeness (QED) is 0.239. The molecule has 0 fully saturated rings. The zero-order valence-corrected chi connectivity index (χ0v) is 15.9. The van der Waals surface area contributed by atoms with Crippen LogP contribution in [0, 0.1) is 0 Å². The number of unbranched alkanes of at least 4 members (excludes halogenated alkanes) is 12. The molecule has 0 saturated carbocycles. The maximum absolute atomic E-state index is 11.1. The Balaban J connectivity index is 3.09. The molecule has 0 atom stereocenters. The van der Waals surface area contributed by atoms with E-state index in [0.717, 1.165) is 13.0 Å². The van der Waals surface area contributed by atoms with Gasteiger partial charge in [0.15, 0.2) is 0 Å². The fraction of sp³-hybridized carbons (Fsp3) is 0.857. The third kappa shape index (κ3) is 19.2. The molecule has 0 radical (unpaired) electrons. The van der Waals surface area contributed by atoms with Crippen molar-refractivity contribution in [3.8, 4) is 0 Å². The summed E-state index contributed by atoms with van der Waals surface area (Å²) in [5.41, 5.74) is 0. The summed E-state index contributed by atoms with van der Waals surface area (Å²) >= 11 is 0. The van der Waals surface area contributed by atoms with Gasteiger partial charge in [0.05, 0.1) is 0 Å². The Morgan fingerprint density at radius 2 is 1.17 bits per heavy atom. The van der Waals surface area contributed by atoms with Crippen molar-refractivity contribution in [3.63, 3.8) is 0 Å². The summed E-state index contributed by atoms with van der Waals surface area (Å²) in [7, 11) is 0. The third-order valence-electron chi connectivity index (χ3n) is 4.33. The van der Waals surface area contributed by atoms with E-state index in [9.17, 15) is 4.79 Å². The highest BCUT2D eigenvalue weighted by Crippen LogP contribution is 2.09. The van der Waals surface area contributed by atoms with Crippen molar-refractivity contribution >= 4 is 5.91 Å². The molecule has 0 aliphatic carbocycles. The van der Waals surface area contributed by atoms with Crippen molar-refractivity contribution in [2.75, 3.05) is 6.54 Å². The largest absolute Gasteiger partial charge is 0.356 e. The first-order valence-corrected chi connectivity index (χ1v) is 10.2. The first-order valence-electron chi connectivity index (χ1n) is 10.2. The van der Waals surface area contributed by atoms with Crippen molar-refractivity contribution in [2.24, 2.45) is 0 Å². The molecule has 23 heavy (non-hydrogen) atoms. The van der Waals surface area contributed by atoms with E-state index in [1.165, 1.54) is 83.5 Å². The first-order chi connectivity index (χ1) is 11.3. The Labute approximate surface area is 145 Å². The van der Waals surface area contributed by atoms with Crippen LogP contribution < -0.4 is 5.32 Å². The molecule has 1 N–H and O–H groups in total. The number of amides is 1. The molecule has 0 saturated heterocycles. The second-order valence-corrected chi connectivity index (χ2v) is 6.64. The maximum atomic E-state index is 11.1. The van der Waals surface area contributed by atoms with Gasteiger partial charge in [0.1, 0.15) is 0 Å². The average Bonchev–Trinajstić information content (AvgIpc) is 2.57. The Kier molecular flexibility index (Phi) is 18.6. The van der Waals surface area contributed by atoms with E-state index in [-0.39, 0.29) is 5.91 Å². The van der Waals surface area contributed by atoms with E-state index < -0.39 is 0 Å². The minimum absolute atomic E-state index is 0.178. The summed E-state index contributed by atoms with van der Waals surface area (Å²) in [6.07, 6.45) is 24.0. The van der Waals surface area contributed by atoms with Crippen LogP contribution in [0.3, 0.4) is 0 Å². The second-order valence-electron chi connectivity index (χ2n) is 6.64. The molecule has 1 amide bonds. The predicted octanol–water partition coefficient (Wildman–Crippen LogP) is 6.55. The van der Waals surface area contributed by atoms with Gasteiger partial charge >= 0.3 is 0 Å². The van der Waals surface area contributed by atoms with Crippen LogP contribution in [0.5, 0.6) is 0 Å². The molecular formula is C21H41NO. The van der Waals surface area contributed by atoms with Gasteiger partial charge in [0.25, 0.3) is 0 Å². The predicted molar refractivity (Wildman–Crippen MR) is 103 cm³/mol. The van der Waals surface area contributed by atoms with Crippen LogP contribution in [0.2, 0.25) is 0 Å². The van der Waals surface area contributed by atoms with Crippen molar-refractivity contribution < 1.29 is 4.79 Å². The summed E-state index contributed by atoms with van der Waals surface area (Å²) in [6.45, 7) is 5.03. The fourth-order valence-corrected chi connectivity index (χ4v) is 2.73. The van der Waals surface area contributed by atoms with Crippen LogP contribution in [-0.4, -0.2) is 12.5 Å². The van der Waals surface area contributed by atoms with Crippen LogP contribution in [0.25, 0.3) is 0 Å². The van der Waals surface area contributed by atoms with E-state index in [1.807, 2.05) is 6.92 Å². The molecule has 0 bridgehead atoms. The van der Waals surface area contributed by atoms with Crippen LogP contribution in [0.1, 0.15) is 110 Å². The topological polar surface area (TPSA) is 29.1 Å². The van der Waals surface area contributed by atoms with Crippen LogP contribution in [0.4, 0.5) is 0 Å². The standard InChI is InChI=1S/C21H41NO/c1-3-5-6-7-8-9-10-11-12-13-14-15-16-17-18-19-20-22-21(23)4-2/h11-12H,3-10,13-20H2,1-2H3,(H,22,23)/b12-11-. The lowest BCUT2D eigenvalue weighted by Gasteiger charge is -2.03. The molecule has 0 aromatic carbocycles. The Hall–Kier alpha value is -0.790. The van der Waals surface area contributed by atoms with Gasteiger partial charge in [-0.15, -0.1) is 0 Å². The average molecular weight is 324 g/mol. The van der Waals surface area contributed by atoms with Gasteiger partial charge < -0.3 is 5.32 Å². The normalized spacial score (nSPS) is 11.2. The van der Waals surface area contributed by atoms with E-state index in [1.54, 1.807) is 0 Å². The summed E-state index contributed by atoms with van der Waals surface area (Å²) in [6, 6.07) is 0. The monoisotopic (exact) mass is 323 g/mol. The van der Waals surface area contributed by atoms with Crippen LogP contribution in [0.15, 0.2) is 12.2 Å². The fourth-order valence-electron chi connectivity index (χ4n) is 2.73. The molecular weight excluding hydrogens is 282 g/mol. The minimum atomic E-state index is 0.178. The highest BCUT2D eigenvalue weighted by atomic mass is 16.1. The maximum Gasteiger partial charge on any atom is 0.219 e. The van der Waals surface area contributed by atoms with Crippen molar-refractivity contribution in [1.82, 2.24) is 5.32 Å². The van der Waals surface area contributed by atoms with Gasteiger partial charge in [-0.3, -0.25) is 4.79 Å². The zero-order chi connectivity index (χ0) is 17.0. The lowest BCUT2D eigenvalue weighted by atomic mass is 10.1. The molecule has 0 aliphatic heterocycles. The van der Waals surface area contributed by atoms with Crippen molar-refractivity contribution in [2.45, 2.75) is 110 Å². The summed E-state index contributed by atoms with van der Waals surface area (Å²) in [4.78, 5) is 11.1. The first kappa shape index (κ1) is 22.2. The molecule has 0 heterocycles. The lowest BCUT2D eigenvalue weighted by molar-refractivity contribution is -0.120. The summed E-state index contributed by atoms with van der Waals surface area (Å²) in [5, 5.41) is 2.93. The van der Waals surface area contributed by atoms with Gasteiger partial charge in [-0.2, -0.15) is 0 Å². The van der Waals surface area contributed by atoms with E-state index >= 15 is 0 Å². The van der Waals surface area contributed by atoms with Crippen molar-refractivity contribution in [1.29, 1.82) is 0 Å². The van der Waals surface area contributed by atoms with Gasteiger partial charge in [0.2, 0.25) is 5.91 Å². The number of nitrogens with one attached hydrogen (secondary N) is 1. The molecule has 0 aliphatic rings. The highest BCUT2D eigenvalue weighted by Gasteiger charge is 1.95. The molecule has 0 spiro atoms. The molecule has 2 heteroatoms. The van der Waals surface area contributed by atoms with Crippen LogP contribution >= 0.6 is 0 Å². The third-order valence-corrected chi connectivity index (χ3v) is 4.33. The van der Waals surface area contributed by atoms with Gasteiger partial charge in [0, 0.05) is 13.0 Å². The number of carbonyl (C=O) groups is 1. The zero-order valence-electron chi connectivity index (χ0n) is 15.9. The molecule has 0 aromatic heterocycles. The number of hydrogen-bond donors (Lipinski definition) is 1. The van der Waals surface area contributed by atoms with Gasteiger partial charge in [-0.05, 0) is 32.1 Å². The minimum Gasteiger partial charge on any atom is -0.356 e. The lowest BCUT2D eigenvalue weighted by Crippen LogP contribution is -2.23. The Bertz CT molecular complexity index is 273. The number of carbonyl (C=O) groups excluding carboxylic acids is 1. The molecule has 0 aromatic rings. The van der Waals surface area contributed by atoms with Gasteiger partial charge in [-0.25, -0.2) is 0 Å². The second kappa shape index (κ2) is 19.3. The van der Waals surface area contributed by atoms with E-state index in [2.05, 4.69) is 24.4 Å². The van der Waals surface area contributed by atoms with Crippen LogP contribution in [-0.2, 0) is 4.79 Å².